The SMILES string of the molecule is C[C@@H]1S[C@@H]2[C@H](CC(=O)/C(=N\O[C@@H](CC(=O)O)C(=O)O)c3csc(N)n3)C(=O)N2C(C(=O)O)=C1C[N+]1(C)[C@@H]2CC[C@H]1CC(N1C(=O)c3ccc(O)c(O)c3C1=O)C2. The third-order valence-corrected chi connectivity index (χ3v) is 13.8. The number of Topliss-reactive ketones (excluding diaryl/α,β-unsaturated/α-hetero) is 1. The molecule has 7 N–H and O–H groups in total. The Bertz CT molecular complexity index is 2150. The second-order valence-electron chi connectivity index (χ2n) is 14.7. The second kappa shape index (κ2) is 14.2. The van der Waals surface area contributed by atoms with E-state index < -0.39 is 100 Å². The van der Waals surface area contributed by atoms with Crippen LogP contribution in [0.1, 0.15) is 71.9 Å². The van der Waals surface area contributed by atoms with E-state index in [1.54, 1.807) is 0 Å². The number of ketones is 1. The Morgan fingerprint density at radius 3 is 2.32 bits per heavy atom. The normalized spacial score (nSPS) is 28.8. The van der Waals surface area contributed by atoms with Gasteiger partial charge in [0.05, 0.1) is 54.0 Å². The maximum Gasteiger partial charge on any atom is 0.352 e. The number of β-lactam (4-membered cyclic amide) rings is 1. The predicted octanol–water partition coefficient (Wildman–Crippen LogP) is 1.44. The number of amides is 3. The molecule has 0 spiro atoms. The summed E-state index contributed by atoms with van der Waals surface area (Å²) in [6.45, 7) is 2.10. The molecule has 3 amide bonds. The number of rotatable bonds is 13. The van der Waals surface area contributed by atoms with Gasteiger partial charge in [-0.3, -0.25) is 33.8 Å². The first-order chi connectivity index (χ1) is 26.4. The molecule has 0 aliphatic carbocycles. The van der Waals surface area contributed by atoms with Crippen molar-refractivity contribution in [2.75, 3.05) is 19.3 Å². The lowest BCUT2D eigenvalue weighted by molar-refractivity contribution is -0.944. The molecule has 2 bridgehead atoms. The van der Waals surface area contributed by atoms with E-state index in [-0.39, 0.29) is 46.3 Å². The number of aromatic nitrogens is 1. The quantitative estimate of drug-likeness (QED) is 0.0417. The van der Waals surface area contributed by atoms with Crippen LogP contribution in [0.15, 0.2) is 33.9 Å². The number of aromatic hydroxyl groups is 2. The van der Waals surface area contributed by atoms with Gasteiger partial charge in [0.25, 0.3) is 11.8 Å². The van der Waals surface area contributed by atoms with Crippen molar-refractivity contribution in [3.8, 4) is 11.5 Å². The molecule has 5 aliphatic rings. The highest BCUT2D eigenvalue weighted by Crippen LogP contribution is 2.51. The minimum atomic E-state index is -1.93. The van der Waals surface area contributed by atoms with Crippen LogP contribution in [0.25, 0.3) is 0 Å². The largest absolute Gasteiger partial charge is 0.504 e. The number of carboxylic acids is 3. The number of nitrogen functional groups attached to an aromatic ring is 1. The zero-order chi connectivity index (χ0) is 40.5. The molecule has 7 rings (SSSR count). The van der Waals surface area contributed by atoms with Gasteiger partial charge in [0, 0.05) is 48.3 Å². The summed E-state index contributed by atoms with van der Waals surface area (Å²) in [7, 11) is 2.01. The molecule has 56 heavy (non-hydrogen) atoms. The van der Waals surface area contributed by atoms with Crippen LogP contribution in [0.3, 0.4) is 0 Å². The molecule has 3 saturated heterocycles. The van der Waals surface area contributed by atoms with Crippen LogP contribution in [0.4, 0.5) is 5.13 Å². The number of aliphatic carboxylic acids is 3. The van der Waals surface area contributed by atoms with Crippen molar-refractivity contribution in [2.45, 2.75) is 80.3 Å². The molecular weight excluding hydrogens is 777 g/mol. The number of likely N-dealkylation sites (N-methyl/N-ethyl adjacent to an activating group) is 1. The fourth-order valence-corrected chi connectivity index (χ4v) is 10.8. The van der Waals surface area contributed by atoms with Crippen molar-refractivity contribution in [3.05, 3.63) is 45.6 Å². The van der Waals surface area contributed by atoms with Crippen LogP contribution in [0.2, 0.25) is 0 Å². The number of phenols is 2. The summed E-state index contributed by atoms with van der Waals surface area (Å²) in [6, 6.07) is 1.85. The molecule has 21 heteroatoms. The minimum Gasteiger partial charge on any atom is -0.504 e. The molecule has 0 radical (unpaired) electrons. The number of piperidine rings is 1. The van der Waals surface area contributed by atoms with Crippen molar-refractivity contribution in [3.63, 3.8) is 0 Å². The van der Waals surface area contributed by atoms with Crippen LogP contribution >= 0.6 is 23.1 Å². The number of carboxylic acid groups (broad SMARTS) is 3. The van der Waals surface area contributed by atoms with Crippen molar-refractivity contribution >= 4 is 75.4 Å². The number of quaternary nitrogens is 1. The highest BCUT2D eigenvalue weighted by Gasteiger charge is 2.59. The second-order valence-corrected chi connectivity index (χ2v) is 17.0. The van der Waals surface area contributed by atoms with Crippen LogP contribution in [0.5, 0.6) is 11.5 Å². The fourth-order valence-electron chi connectivity index (χ4n) is 8.76. The Hall–Kier alpha value is -5.54. The van der Waals surface area contributed by atoms with Crippen molar-refractivity contribution < 1.29 is 68.4 Å². The van der Waals surface area contributed by atoms with Crippen molar-refractivity contribution in [1.82, 2.24) is 14.8 Å². The highest BCUT2D eigenvalue weighted by molar-refractivity contribution is 8.00. The molecule has 0 saturated carbocycles. The minimum absolute atomic E-state index is 0.0193. The van der Waals surface area contributed by atoms with E-state index >= 15 is 0 Å². The zero-order valence-electron chi connectivity index (χ0n) is 29.9. The number of hydrogen-bond acceptors (Lipinski definition) is 15. The number of thioether (sulfide) groups is 1. The summed E-state index contributed by atoms with van der Waals surface area (Å²) in [6.07, 6.45) is -0.988. The van der Waals surface area contributed by atoms with E-state index in [9.17, 15) is 54.0 Å². The molecule has 2 unspecified atom stereocenters. The van der Waals surface area contributed by atoms with Gasteiger partial charge < -0.3 is 40.6 Å². The van der Waals surface area contributed by atoms with Crippen LogP contribution < -0.4 is 5.73 Å². The first kappa shape index (κ1) is 38.7. The molecular formula is C35H37N6O13S2+. The maximum absolute atomic E-state index is 13.7. The maximum atomic E-state index is 13.7. The predicted molar refractivity (Wildman–Crippen MR) is 194 cm³/mol. The Labute approximate surface area is 325 Å². The molecule has 5 aliphatic heterocycles. The number of nitrogens with two attached hydrogens (primary N) is 1. The van der Waals surface area contributed by atoms with Gasteiger partial charge in [0.2, 0.25) is 12.0 Å². The average molecular weight is 814 g/mol. The number of carbonyl (C=O) groups is 7. The molecule has 1 aromatic heterocycles. The van der Waals surface area contributed by atoms with Gasteiger partial charge >= 0.3 is 17.9 Å². The van der Waals surface area contributed by atoms with Gasteiger partial charge in [-0.25, -0.2) is 14.6 Å². The van der Waals surface area contributed by atoms with E-state index in [1.807, 2.05) is 14.0 Å². The number of nitrogens with zero attached hydrogens (tertiary/aromatic N) is 5. The van der Waals surface area contributed by atoms with Gasteiger partial charge in [0.1, 0.15) is 17.9 Å². The number of thiazole rings is 1. The number of anilines is 1. The lowest BCUT2D eigenvalue weighted by Gasteiger charge is -2.53. The van der Waals surface area contributed by atoms with E-state index in [4.69, 9.17) is 15.7 Å². The van der Waals surface area contributed by atoms with Gasteiger partial charge in [-0.1, -0.05) is 5.16 Å². The monoisotopic (exact) mass is 813 g/mol. The van der Waals surface area contributed by atoms with E-state index in [2.05, 4.69) is 10.1 Å². The third-order valence-electron chi connectivity index (χ3n) is 11.6. The first-order valence-electron chi connectivity index (χ1n) is 17.6. The van der Waals surface area contributed by atoms with Crippen LogP contribution in [-0.4, -0.2) is 140 Å². The van der Waals surface area contributed by atoms with Crippen molar-refractivity contribution in [2.24, 2.45) is 11.1 Å². The molecule has 1 aromatic carbocycles. The van der Waals surface area contributed by atoms with E-state index in [0.717, 1.165) is 35.1 Å². The van der Waals surface area contributed by atoms with Gasteiger partial charge in [-0.05, 0) is 19.1 Å². The lowest BCUT2D eigenvalue weighted by atomic mass is 9.88. The van der Waals surface area contributed by atoms with Gasteiger partial charge in [-0.15, -0.1) is 23.1 Å². The lowest BCUT2D eigenvalue weighted by Crippen LogP contribution is -2.65. The summed E-state index contributed by atoms with van der Waals surface area (Å²) in [5.74, 6) is -9.19. The fraction of sp³-hybridized carbons (Fsp3) is 0.457. The number of imide groups is 1. The molecule has 19 nitrogen and oxygen atoms in total. The van der Waals surface area contributed by atoms with Gasteiger partial charge in [-0.2, -0.15) is 0 Å². The Kier molecular flexibility index (Phi) is 9.82. The smallest absolute Gasteiger partial charge is 0.352 e. The summed E-state index contributed by atoms with van der Waals surface area (Å²) < 4.78 is 0.424. The summed E-state index contributed by atoms with van der Waals surface area (Å²) >= 11 is 2.27. The standard InChI is InChI=1S/C35H36N6O13S2/c1-13-19(11-41(2)15-3-4-16(41)8-14(7-15)39-29(47)17-5-6-21(42)28(46)25(17)31(39)49)27(34(52)53)40-30(48)18(32(40)56-13)9-22(43)26(20-12-55-35(36)37-20)38-54-23(33(50)51)10-24(44)45/h5-6,12-16,18,23,32H,3-4,7-11H2,1-2H3,(H6-,36,37,38,42,43,44,45,46,47,49,50,51,52,53)/p+1/t13-,14?,15-,16+,18+,23-,32+,41?/m0/s1. The van der Waals surface area contributed by atoms with E-state index in [0.29, 0.717) is 22.9 Å². The van der Waals surface area contributed by atoms with Crippen LogP contribution in [0, 0.1) is 5.92 Å². The Morgan fingerprint density at radius 1 is 1.05 bits per heavy atom. The highest BCUT2D eigenvalue weighted by atomic mass is 32.2. The van der Waals surface area contributed by atoms with Gasteiger partial charge in [0.15, 0.2) is 28.1 Å². The molecule has 8 atom stereocenters. The number of fused-ring (bicyclic) bond motifs is 4. The average Bonchev–Trinajstić information content (AvgIpc) is 3.69. The van der Waals surface area contributed by atoms with E-state index in [1.165, 1.54) is 28.1 Å². The number of benzene rings is 1. The molecule has 6 heterocycles. The number of oxime groups is 1. The molecule has 3 fully saturated rings. The number of phenolic OH excluding ortho intramolecular Hbond substituents is 2. The molecule has 296 valence electrons. The van der Waals surface area contributed by atoms with Crippen LogP contribution in [-0.2, 0) is 28.8 Å². The Morgan fingerprint density at radius 2 is 1.73 bits per heavy atom. The number of hydrogen-bond donors (Lipinski definition) is 6. The summed E-state index contributed by atoms with van der Waals surface area (Å²) in [5, 5.41) is 53.2. The molecule has 2 aromatic rings. The number of carbonyl (C=O) groups excluding carboxylic acids is 4. The van der Waals surface area contributed by atoms with Crippen molar-refractivity contribution in [1.29, 1.82) is 0 Å². The third kappa shape index (κ3) is 6.32. The Balaban J connectivity index is 1.09. The summed E-state index contributed by atoms with van der Waals surface area (Å²) in [4.78, 5) is 101. The summed E-state index contributed by atoms with van der Waals surface area (Å²) in [5.41, 5.74) is 5.33. The first-order valence-corrected chi connectivity index (χ1v) is 19.4. The zero-order valence-corrected chi connectivity index (χ0v) is 31.5. The topological polar surface area (TPSA) is 288 Å².